The molecule has 0 unspecified atom stereocenters. The number of rotatable bonds is 3. The lowest BCUT2D eigenvalue weighted by Crippen LogP contribution is -2.55. The van der Waals surface area contributed by atoms with Gasteiger partial charge in [0.15, 0.2) is 0 Å². The molecule has 6 heteroatoms. The van der Waals surface area contributed by atoms with Crippen LogP contribution in [0.2, 0.25) is 0 Å². The lowest BCUT2D eigenvalue weighted by atomic mass is 9.59. The van der Waals surface area contributed by atoms with E-state index in [2.05, 4.69) is 127 Å². The third-order valence-corrected chi connectivity index (χ3v) is 10.7. The highest BCUT2D eigenvalue weighted by Crippen LogP contribution is 2.49. The van der Waals surface area contributed by atoms with Gasteiger partial charge in [0, 0.05) is 16.3 Å². The maximum absolute atomic E-state index is 6.87. The minimum absolute atomic E-state index is 0.173. The molecule has 0 aliphatic heterocycles. The van der Waals surface area contributed by atoms with E-state index < -0.39 is 0 Å². The van der Waals surface area contributed by atoms with Gasteiger partial charge >= 0.3 is 0 Å². The van der Waals surface area contributed by atoms with Gasteiger partial charge in [-0.2, -0.15) is 0 Å². The Kier molecular flexibility index (Phi) is 6.89. The Balaban J connectivity index is 1.39. The quantitative estimate of drug-likeness (QED) is 0.147. The molecule has 228 valence electrons. The molecule has 0 saturated carbocycles. The van der Waals surface area contributed by atoms with Crippen molar-refractivity contribution in [3.63, 3.8) is 0 Å². The summed E-state index contributed by atoms with van der Waals surface area (Å²) in [6.45, 7) is 0. The fourth-order valence-electron chi connectivity index (χ4n) is 8.26. The van der Waals surface area contributed by atoms with Crippen LogP contribution < -0.4 is 27.3 Å². The number of fused-ring (bicyclic) bond motifs is 7. The number of benzene rings is 9. The highest BCUT2D eigenvalue weighted by atomic mass is 16.3. The van der Waals surface area contributed by atoms with E-state index in [0.717, 1.165) is 59.8 Å². The predicted molar refractivity (Wildman–Crippen MR) is 227 cm³/mol. The van der Waals surface area contributed by atoms with Crippen molar-refractivity contribution in [1.29, 1.82) is 0 Å². The van der Waals surface area contributed by atoms with Crippen molar-refractivity contribution in [2.75, 3.05) is 0 Å². The standard InChI is InChI=1S/C46H23B5O/c47-41-40(42(48)44(50)45(51)43(41)49)34-21-20-33(39-35-22-25-11-1-2-12-26(25)23-36(35)52-46(34)39)38-31-17-7-5-15-29(31)37(30-16-6-8-18-32(30)38)28-19-9-13-24-10-3-4-14-27(24)28/h1-23H. The molecule has 10 rings (SSSR count). The van der Waals surface area contributed by atoms with Crippen molar-refractivity contribution in [2.45, 2.75) is 0 Å². The molecule has 0 amide bonds. The molecule has 0 bridgehead atoms. The summed E-state index contributed by atoms with van der Waals surface area (Å²) >= 11 is 0. The summed E-state index contributed by atoms with van der Waals surface area (Å²) in [7, 11) is 32.4. The average Bonchev–Trinajstić information content (AvgIpc) is 3.56. The molecule has 10 radical (unpaired) electrons. The van der Waals surface area contributed by atoms with E-state index >= 15 is 0 Å². The number of furan rings is 1. The Bertz CT molecular complexity index is 3050. The summed E-state index contributed by atoms with van der Waals surface area (Å²) < 4.78 is 6.87. The fraction of sp³-hybridized carbons (Fsp3) is 0. The van der Waals surface area contributed by atoms with Gasteiger partial charge in [-0.15, -0.1) is 16.4 Å². The maximum atomic E-state index is 6.87. The highest BCUT2D eigenvalue weighted by Gasteiger charge is 2.24. The Morgan fingerprint density at radius 3 is 1.40 bits per heavy atom. The van der Waals surface area contributed by atoms with Crippen molar-refractivity contribution in [3.8, 4) is 33.4 Å². The van der Waals surface area contributed by atoms with Crippen LogP contribution in [-0.2, 0) is 0 Å². The topological polar surface area (TPSA) is 13.1 Å². The SMILES string of the molecule is [B]c1c([B])c([B])c(-c2ccc(-c3c4ccccc4c(-c4cccc5ccccc45)c4ccccc34)c3c2oc2cc4ccccc4cc23)c([B])c1[B]. The zero-order valence-electron chi connectivity index (χ0n) is 28.1. The van der Waals surface area contributed by atoms with Crippen molar-refractivity contribution in [3.05, 3.63) is 140 Å². The van der Waals surface area contributed by atoms with Crippen molar-refractivity contribution < 1.29 is 4.42 Å². The zero-order chi connectivity index (χ0) is 35.2. The van der Waals surface area contributed by atoms with Gasteiger partial charge < -0.3 is 4.42 Å². The van der Waals surface area contributed by atoms with Crippen molar-refractivity contribution in [1.82, 2.24) is 0 Å². The first-order valence-electron chi connectivity index (χ1n) is 17.2. The van der Waals surface area contributed by atoms with Gasteiger partial charge in [-0.05, 0) is 83.0 Å². The smallest absolute Gasteiger partial charge is 0.143 e. The summed E-state index contributed by atoms with van der Waals surface area (Å²) in [6.07, 6.45) is 0. The molecule has 0 N–H and O–H groups in total. The van der Waals surface area contributed by atoms with Crippen LogP contribution in [0.3, 0.4) is 0 Å². The maximum Gasteiger partial charge on any atom is 0.143 e. The van der Waals surface area contributed by atoms with E-state index in [1.807, 2.05) is 12.1 Å². The van der Waals surface area contributed by atoms with Crippen LogP contribution in [0.4, 0.5) is 0 Å². The van der Waals surface area contributed by atoms with Gasteiger partial charge in [0.25, 0.3) is 0 Å². The average molecular weight is 646 g/mol. The first-order chi connectivity index (χ1) is 25.4. The van der Waals surface area contributed by atoms with Crippen molar-refractivity contribution in [2.24, 2.45) is 0 Å². The molecule has 9 aromatic carbocycles. The highest BCUT2D eigenvalue weighted by molar-refractivity contribution is 6.69. The summed E-state index contributed by atoms with van der Waals surface area (Å²) in [6, 6.07) is 49.3. The third-order valence-electron chi connectivity index (χ3n) is 10.7. The molecular formula is C46H23B5O. The van der Waals surface area contributed by atoms with E-state index in [9.17, 15) is 0 Å². The van der Waals surface area contributed by atoms with Gasteiger partial charge in [0.2, 0.25) is 0 Å². The molecule has 0 atom stereocenters. The van der Waals surface area contributed by atoms with Gasteiger partial charge in [0.1, 0.15) is 50.4 Å². The number of hydrogen-bond acceptors (Lipinski definition) is 1. The zero-order valence-corrected chi connectivity index (χ0v) is 28.1. The van der Waals surface area contributed by atoms with E-state index in [1.165, 1.54) is 21.9 Å². The predicted octanol–water partition coefficient (Wildman–Crippen LogP) is 7.17. The number of hydrogen-bond donors (Lipinski definition) is 0. The van der Waals surface area contributed by atoms with E-state index in [1.54, 1.807) is 0 Å². The van der Waals surface area contributed by atoms with E-state index in [0.29, 0.717) is 16.7 Å². The first-order valence-corrected chi connectivity index (χ1v) is 17.2. The van der Waals surface area contributed by atoms with Crippen molar-refractivity contribution >= 4 is 132 Å². The third kappa shape index (κ3) is 4.37. The Labute approximate surface area is 307 Å². The molecule has 0 fully saturated rings. The minimum Gasteiger partial charge on any atom is -0.455 e. The lowest BCUT2D eigenvalue weighted by molar-refractivity contribution is 0.670. The molecule has 1 nitrogen and oxygen atoms in total. The lowest BCUT2D eigenvalue weighted by Gasteiger charge is -2.22. The van der Waals surface area contributed by atoms with Crippen LogP contribution in [0.1, 0.15) is 0 Å². The Hall–Kier alpha value is -5.86. The van der Waals surface area contributed by atoms with E-state index in [-0.39, 0.29) is 27.3 Å². The molecule has 0 saturated heterocycles. The molecule has 1 aromatic heterocycles. The van der Waals surface area contributed by atoms with E-state index in [4.69, 9.17) is 43.6 Å². The molecule has 0 spiro atoms. The summed E-state index contributed by atoms with van der Waals surface area (Å²) in [5, 5.41) is 11.1. The fourth-order valence-corrected chi connectivity index (χ4v) is 8.26. The summed E-state index contributed by atoms with van der Waals surface area (Å²) in [5.74, 6) is 0. The molecule has 1 heterocycles. The summed E-state index contributed by atoms with van der Waals surface area (Å²) in [5.41, 5.74) is 8.21. The Morgan fingerprint density at radius 2 is 0.788 bits per heavy atom. The second-order valence-corrected chi connectivity index (χ2v) is 13.5. The normalized spacial score (nSPS) is 11.8. The van der Waals surface area contributed by atoms with Crippen LogP contribution in [0.25, 0.3) is 98.4 Å². The van der Waals surface area contributed by atoms with Gasteiger partial charge in [-0.1, -0.05) is 138 Å². The second-order valence-electron chi connectivity index (χ2n) is 13.5. The van der Waals surface area contributed by atoms with Crippen LogP contribution in [0, 0.1) is 0 Å². The molecule has 0 aliphatic rings. The van der Waals surface area contributed by atoms with Gasteiger partial charge in [0.05, 0.1) is 0 Å². The first kappa shape index (κ1) is 30.9. The molecule has 10 aromatic rings. The molecule has 52 heavy (non-hydrogen) atoms. The van der Waals surface area contributed by atoms with Gasteiger partial charge in [-0.25, -0.2) is 0 Å². The molecular weight excluding hydrogens is 623 g/mol. The van der Waals surface area contributed by atoms with Crippen LogP contribution in [0.5, 0.6) is 0 Å². The monoisotopic (exact) mass is 646 g/mol. The van der Waals surface area contributed by atoms with Gasteiger partial charge in [-0.3, -0.25) is 0 Å². The minimum atomic E-state index is 0.173. The Morgan fingerprint density at radius 1 is 0.327 bits per heavy atom. The van der Waals surface area contributed by atoms with Crippen LogP contribution in [-0.4, -0.2) is 39.2 Å². The second kappa shape index (κ2) is 11.6. The van der Waals surface area contributed by atoms with Crippen LogP contribution in [0.15, 0.2) is 144 Å². The summed E-state index contributed by atoms with van der Waals surface area (Å²) in [4.78, 5) is 0. The molecule has 0 aliphatic carbocycles. The van der Waals surface area contributed by atoms with Crippen LogP contribution >= 0.6 is 0 Å². The largest absolute Gasteiger partial charge is 0.455 e.